The fourth-order valence-corrected chi connectivity index (χ4v) is 1.59. The van der Waals surface area contributed by atoms with Crippen LogP contribution in [0.4, 0.5) is 11.4 Å². The Hall–Kier alpha value is -2.15. The van der Waals surface area contributed by atoms with Gasteiger partial charge in [0.1, 0.15) is 0 Å². The molecule has 0 saturated heterocycles. The largest absolute Gasteiger partial charge is 0.478 e. The molecule has 0 heterocycles. The number of nitrogens with one attached hydrogen (secondary N) is 2. The van der Waals surface area contributed by atoms with Crippen LogP contribution in [0.1, 0.15) is 23.7 Å². The van der Waals surface area contributed by atoms with Gasteiger partial charge in [-0.3, -0.25) is 10.1 Å². The Morgan fingerprint density at radius 2 is 2.16 bits per heavy atom. The lowest BCUT2D eigenvalue weighted by Crippen LogP contribution is -2.17. The summed E-state index contributed by atoms with van der Waals surface area (Å²) < 4.78 is 0. The standard InChI is InChI=1S/C12H17N3O4/c1-2-13-6-3-7-14-11-5-4-9(15(18)19)8-10(11)12(16)17/h4-5,8,13-14H,2-3,6-7H2,1H3,(H,16,17). The van der Waals surface area contributed by atoms with E-state index in [1.165, 1.54) is 12.1 Å². The van der Waals surface area contributed by atoms with Gasteiger partial charge in [0, 0.05) is 24.4 Å². The quantitative estimate of drug-likeness (QED) is 0.376. The normalized spacial score (nSPS) is 10.2. The van der Waals surface area contributed by atoms with Crippen molar-refractivity contribution in [1.82, 2.24) is 5.32 Å². The molecule has 3 N–H and O–H groups in total. The van der Waals surface area contributed by atoms with Gasteiger partial charge in [0.25, 0.3) is 5.69 Å². The van der Waals surface area contributed by atoms with Gasteiger partial charge in [0.15, 0.2) is 0 Å². The Kier molecular flexibility index (Phi) is 5.74. The minimum atomic E-state index is -1.18. The number of carboxylic acids is 1. The molecule has 1 aromatic carbocycles. The van der Waals surface area contributed by atoms with Crippen LogP contribution < -0.4 is 10.6 Å². The molecule has 1 rings (SSSR count). The average molecular weight is 267 g/mol. The summed E-state index contributed by atoms with van der Waals surface area (Å²) in [5.41, 5.74) is 0.0860. The predicted octanol–water partition coefficient (Wildman–Crippen LogP) is 1.70. The Balaban J connectivity index is 2.71. The fraction of sp³-hybridized carbons (Fsp3) is 0.417. The van der Waals surface area contributed by atoms with E-state index in [4.69, 9.17) is 5.11 Å². The lowest BCUT2D eigenvalue weighted by molar-refractivity contribution is -0.384. The highest BCUT2D eigenvalue weighted by Crippen LogP contribution is 2.22. The zero-order chi connectivity index (χ0) is 14.3. The molecule has 0 aliphatic heterocycles. The molecule has 0 spiro atoms. The maximum atomic E-state index is 11.1. The summed E-state index contributed by atoms with van der Waals surface area (Å²) >= 11 is 0. The van der Waals surface area contributed by atoms with Crippen molar-refractivity contribution in [3.8, 4) is 0 Å². The highest BCUT2D eigenvalue weighted by atomic mass is 16.6. The molecule has 1 aromatic rings. The van der Waals surface area contributed by atoms with Crippen molar-refractivity contribution < 1.29 is 14.8 Å². The second-order valence-electron chi connectivity index (χ2n) is 3.93. The van der Waals surface area contributed by atoms with Crippen molar-refractivity contribution in [2.75, 3.05) is 25.0 Å². The van der Waals surface area contributed by atoms with Gasteiger partial charge in [-0.15, -0.1) is 0 Å². The molecule has 7 nitrogen and oxygen atoms in total. The molecule has 0 bridgehead atoms. The van der Waals surface area contributed by atoms with E-state index in [9.17, 15) is 14.9 Å². The van der Waals surface area contributed by atoms with Crippen LogP contribution in [0.2, 0.25) is 0 Å². The van der Waals surface area contributed by atoms with Crippen LogP contribution in [0.25, 0.3) is 0 Å². The van der Waals surface area contributed by atoms with Crippen molar-refractivity contribution in [1.29, 1.82) is 0 Å². The molecule has 0 saturated carbocycles. The molecule has 0 aliphatic carbocycles. The minimum absolute atomic E-state index is 0.0855. The van der Waals surface area contributed by atoms with Gasteiger partial charge in [0.05, 0.1) is 10.5 Å². The van der Waals surface area contributed by atoms with Crippen LogP contribution in [-0.4, -0.2) is 35.6 Å². The van der Waals surface area contributed by atoms with E-state index in [-0.39, 0.29) is 11.3 Å². The van der Waals surface area contributed by atoms with Crippen molar-refractivity contribution in [2.45, 2.75) is 13.3 Å². The molecule has 104 valence electrons. The number of nitrogens with zero attached hydrogens (tertiary/aromatic N) is 1. The topological polar surface area (TPSA) is 105 Å². The van der Waals surface area contributed by atoms with Crippen molar-refractivity contribution in [2.24, 2.45) is 0 Å². The number of benzene rings is 1. The summed E-state index contributed by atoms with van der Waals surface area (Å²) in [5, 5.41) is 25.8. The lowest BCUT2D eigenvalue weighted by atomic mass is 10.1. The highest BCUT2D eigenvalue weighted by Gasteiger charge is 2.15. The molecule has 0 aromatic heterocycles. The van der Waals surface area contributed by atoms with Gasteiger partial charge in [-0.05, 0) is 25.6 Å². The van der Waals surface area contributed by atoms with Gasteiger partial charge >= 0.3 is 5.97 Å². The molecule has 0 fully saturated rings. The molecule has 19 heavy (non-hydrogen) atoms. The molecule has 7 heteroatoms. The SMILES string of the molecule is CCNCCCNc1ccc([N+](=O)[O-])cc1C(=O)O. The molecule has 0 radical (unpaired) electrons. The molecular formula is C12H17N3O4. The van der Waals surface area contributed by atoms with Crippen molar-refractivity contribution >= 4 is 17.3 Å². The van der Waals surface area contributed by atoms with Crippen LogP contribution in [0.15, 0.2) is 18.2 Å². The summed E-state index contributed by atoms with van der Waals surface area (Å²) in [4.78, 5) is 21.1. The molecule has 0 amide bonds. The van der Waals surface area contributed by atoms with Crippen LogP contribution in [0.5, 0.6) is 0 Å². The average Bonchev–Trinajstić information content (AvgIpc) is 2.38. The highest BCUT2D eigenvalue weighted by molar-refractivity contribution is 5.95. The molecule has 0 atom stereocenters. The van der Waals surface area contributed by atoms with E-state index >= 15 is 0 Å². The van der Waals surface area contributed by atoms with Crippen LogP contribution >= 0.6 is 0 Å². The molecule has 0 aliphatic rings. The maximum absolute atomic E-state index is 11.1. The smallest absolute Gasteiger partial charge is 0.338 e. The van der Waals surface area contributed by atoms with Gasteiger partial charge in [-0.1, -0.05) is 6.92 Å². The first kappa shape index (κ1) is 14.9. The van der Waals surface area contributed by atoms with Crippen LogP contribution in [0, 0.1) is 10.1 Å². The molecular weight excluding hydrogens is 250 g/mol. The predicted molar refractivity (Wildman–Crippen MR) is 71.7 cm³/mol. The zero-order valence-electron chi connectivity index (χ0n) is 10.7. The number of carboxylic acid groups (broad SMARTS) is 1. The Morgan fingerprint density at radius 3 is 2.74 bits per heavy atom. The van der Waals surface area contributed by atoms with Gasteiger partial charge in [-0.25, -0.2) is 4.79 Å². The molecule has 0 unspecified atom stereocenters. The number of aromatic carboxylic acids is 1. The first-order valence-electron chi connectivity index (χ1n) is 6.02. The van der Waals surface area contributed by atoms with Gasteiger partial charge < -0.3 is 15.7 Å². The summed E-state index contributed by atoms with van der Waals surface area (Å²) in [6.45, 7) is 4.33. The van der Waals surface area contributed by atoms with Crippen LogP contribution in [0.3, 0.4) is 0 Å². The maximum Gasteiger partial charge on any atom is 0.338 e. The fourth-order valence-electron chi connectivity index (χ4n) is 1.59. The number of anilines is 1. The number of rotatable bonds is 8. The second-order valence-corrected chi connectivity index (χ2v) is 3.93. The Morgan fingerprint density at radius 1 is 1.42 bits per heavy atom. The monoisotopic (exact) mass is 267 g/mol. The summed E-state index contributed by atoms with van der Waals surface area (Å²) in [7, 11) is 0. The van der Waals surface area contributed by atoms with Gasteiger partial charge in [-0.2, -0.15) is 0 Å². The minimum Gasteiger partial charge on any atom is -0.478 e. The first-order chi connectivity index (χ1) is 9.06. The van der Waals surface area contributed by atoms with Crippen molar-refractivity contribution in [3.63, 3.8) is 0 Å². The second kappa shape index (κ2) is 7.32. The summed E-state index contributed by atoms with van der Waals surface area (Å²) in [6, 6.07) is 3.78. The Bertz CT molecular complexity index is 462. The number of carbonyl (C=O) groups is 1. The van der Waals surface area contributed by atoms with E-state index in [2.05, 4.69) is 10.6 Å². The van der Waals surface area contributed by atoms with E-state index < -0.39 is 10.9 Å². The number of hydrogen-bond donors (Lipinski definition) is 3. The first-order valence-corrected chi connectivity index (χ1v) is 6.02. The Labute approximate surface area is 110 Å². The summed E-state index contributed by atoms with van der Waals surface area (Å²) in [6.07, 6.45) is 0.837. The number of non-ortho nitro benzene ring substituents is 1. The number of nitro benzene ring substituents is 1. The number of hydrogen-bond acceptors (Lipinski definition) is 5. The van der Waals surface area contributed by atoms with Crippen molar-refractivity contribution in [3.05, 3.63) is 33.9 Å². The van der Waals surface area contributed by atoms with E-state index in [0.717, 1.165) is 25.6 Å². The number of nitro groups is 1. The lowest BCUT2D eigenvalue weighted by Gasteiger charge is -2.09. The van der Waals surface area contributed by atoms with Gasteiger partial charge in [0.2, 0.25) is 0 Å². The van der Waals surface area contributed by atoms with E-state index in [1.807, 2.05) is 6.92 Å². The third-order valence-electron chi connectivity index (χ3n) is 2.54. The third kappa shape index (κ3) is 4.55. The van der Waals surface area contributed by atoms with E-state index in [1.54, 1.807) is 0 Å². The summed E-state index contributed by atoms with van der Waals surface area (Å²) in [5.74, 6) is -1.18. The van der Waals surface area contributed by atoms with Crippen LogP contribution in [-0.2, 0) is 0 Å². The third-order valence-corrected chi connectivity index (χ3v) is 2.54. The zero-order valence-corrected chi connectivity index (χ0v) is 10.7. The van der Waals surface area contributed by atoms with E-state index in [0.29, 0.717) is 12.2 Å².